The molecule has 2 aromatic carbocycles. The van der Waals surface area contributed by atoms with Crippen molar-refractivity contribution in [1.29, 1.82) is 0 Å². The number of halogens is 1. The lowest BCUT2D eigenvalue weighted by molar-refractivity contribution is -0.140. The number of rotatable bonds is 26. The molecule has 2 rings (SSSR count). The van der Waals surface area contributed by atoms with E-state index < -0.39 is 103 Å². The zero-order chi connectivity index (χ0) is 43.2. The number of aliphatic carboxylic acids is 4. The molecule has 10 N–H and O–H groups in total. The van der Waals surface area contributed by atoms with Crippen molar-refractivity contribution in [2.45, 2.75) is 101 Å². The van der Waals surface area contributed by atoms with Crippen molar-refractivity contribution in [2.24, 2.45) is 0 Å². The lowest BCUT2D eigenvalue weighted by Gasteiger charge is -2.25. The van der Waals surface area contributed by atoms with E-state index in [4.69, 9.17) is 0 Å². The molecule has 58 heavy (non-hydrogen) atoms. The van der Waals surface area contributed by atoms with Crippen LogP contribution in [-0.2, 0) is 40.0 Å². The molecule has 0 heterocycles. The highest BCUT2D eigenvalue weighted by molar-refractivity contribution is 14.1. The predicted molar refractivity (Wildman–Crippen MR) is 214 cm³/mol. The van der Waals surface area contributed by atoms with Crippen LogP contribution in [0.4, 0.5) is 4.79 Å². The molecular weight excluding hydrogens is 875 g/mol. The van der Waals surface area contributed by atoms with Gasteiger partial charge in [0.1, 0.15) is 30.2 Å². The van der Waals surface area contributed by atoms with E-state index in [-0.39, 0.29) is 50.6 Å². The van der Waals surface area contributed by atoms with E-state index in [9.17, 15) is 63.6 Å². The van der Waals surface area contributed by atoms with Crippen LogP contribution in [0.25, 0.3) is 0 Å². The molecule has 0 spiro atoms. The van der Waals surface area contributed by atoms with Gasteiger partial charge in [-0.25, -0.2) is 14.4 Å². The van der Waals surface area contributed by atoms with Crippen LogP contribution >= 0.6 is 22.6 Å². The smallest absolute Gasteiger partial charge is 0.326 e. The minimum absolute atomic E-state index is 0.0147. The van der Waals surface area contributed by atoms with Gasteiger partial charge >= 0.3 is 29.9 Å². The normalized spacial score (nSPS) is 13.3. The summed E-state index contributed by atoms with van der Waals surface area (Å²) in [7, 11) is 0. The molecule has 2 aromatic rings. The van der Waals surface area contributed by atoms with Crippen molar-refractivity contribution in [2.75, 3.05) is 6.54 Å². The van der Waals surface area contributed by atoms with Crippen molar-refractivity contribution in [3.8, 4) is 0 Å². The third-order valence-corrected chi connectivity index (χ3v) is 9.29. The van der Waals surface area contributed by atoms with Crippen LogP contribution in [-0.4, -0.2) is 111 Å². The molecule has 0 aliphatic carbocycles. The molecule has 20 heteroatoms. The number of nitrogens with one attached hydrogen (secondary N) is 6. The molecule has 0 bridgehead atoms. The van der Waals surface area contributed by atoms with Gasteiger partial charge in [-0.2, -0.15) is 0 Å². The minimum Gasteiger partial charge on any atom is -0.481 e. The van der Waals surface area contributed by atoms with E-state index in [1.807, 2.05) is 22.6 Å². The topological polar surface area (TPSA) is 307 Å². The van der Waals surface area contributed by atoms with Gasteiger partial charge in [0, 0.05) is 34.9 Å². The number of carboxylic acid groups (broad SMARTS) is 4. The van der Waals surface area contributed by atoms with Crippen LogP contribution in [0.2, 0.25) is 0 Å². The molecule has 19 nitrogen and oxygen atoms in total. The number of hydrogen-bond acceptors (Lipinski definition) is 9. The molecule has 6 amide bonds. The summed E-state index contributed by atoms with van der Waals surface area (Å²) in [4.78, 5) is 112. The van der Waals surface area contributed by atoms with Gasteiger partial charge in [-0.05, 0) is 90.9 Å². The van der Waals surface area contributed by atoms with Crippen LogP contribution in [0.15, 0.2) is 54.6 Å². The van der Waals surface area contributed by atoms with Crippen molar-refractivity contribution >= 4 is 76.1 Å². The Hall–Kier alpha value is -5.80. The number of amides is 6. The number of urea groups is 1. The molecule has 0 aliphatic heterocycles. The Labute approximate surface area is 347 Å². The zero-order valence-electron chi connectivity index (χ0n) is 31.7. The molecular formula is C38H49IN6O13. The Morgan fingerprint density at radius 3 is 1.60 bits per heavy atom. The second-order valence-corrected chi connectivity index (χ2v) is 14.4. The molecule has 0 radical (unpaired) electrons. The van der Waals surface area contributed by atoms with E-state index >= 15 is 0 Å². The lowest BCUT2D eigenvalue weighted by atomic mass is 10.0. The first-order chi connectivity index (χ1) is 27.5. The van der Waals surface area contributed by atoms with Crippen molar-refractivity contribution in [1.82, 2.24) is 31.9 Å². The van der Waals surface area contributed by atoms with E-state index in [0.717, 1.165) is 3.57 Å². The average molecular weight is 925 g/mol. The molecule has 0 unspecified atom stereocenters. The number of carbonyl (C=O) groups excluding carboxylic acids is 5. The van der Waals surface area contributed by atoms with Crippen LogP contribution in [0.3, 0.4) is 0 Å². The third-order valence-electron chi connectivity index (χ3n) is 8.57. The van der Waals surface area contributed by atoms with Gasteiger partial charge in [-0.1, -0.05) is 43.7 Å². The van der Waals surface area contributed by atoms with Gasteiger partial charge in [0.15, 0.2) is 0 Å². The maximum Gasteiger partial charge on any atom is 0.326 e. The van der Waals surface area contributed by atoms with Crippen LogP contribution in [0.5, 0.6) is 0 Å². The molecule has 5 atom stereocenters. The largest absolute Gasteiger partial charge is 0.481 e. The van der Waals surface area contributed by atoms with Crippen molar-refractivity contribution in [3.05, 3.63) is 69.3 Å². The maximum absolute atomic E-state index is 13.7. The second-order valence-electron chi connectivity index (χ2n) is 13.2. The Bertz CT molecular complexity index is 1750. The zero-order valence-corrected chi connectivity index (χ0v) is 33.9. The summed E-state index contributed by atoms with van der Waals surface area (Å²) in [5.41, 5.74) is 0.821. The minimum atomic E-state index is -1.53. The Morgan fingerprint density at radius 2 is 1.09 bits per heavy atom. The fourth-order valence-corrected chi connectivity index (χ4v) is 5.85. The summed E-state index contributed by atoms with van der Waals surface area (Å²) < 4.78 is 0.836. The number of hydrogen-bond donors (Lipinski definition) is 10. The van der Waals surface area contributed by atoms with E-state index in [2.05, 4.69) is 31.9 Å². The fourth-order valence-electron chi connectivity index (χ4n) is 5.49. The highest BCUT2D eigenvalue weighted by Crippen LogP contribution is 2.11. The van der Waals surface area contributed by atoms with Crippen LogP contribution in [0.1, 0.15) is 80.6 Å². The quantitative estimate of drug-likeness (QED) is 0.0475. The summed E-state index contributed by atoms with van der Waals surface area (Å²) >= 11 is 2.04. The molecule has 0 saturated heterocycles. The Kier molecular flexibility index (Phi) is 21.2. The lowest BCUT2D eigenvalue weighted by Crippen LogP contribution is -2.57. The summed E-state index contributed by atoms with van der Waals surface area (Å²) in [5, 5.41) is 52.1. The van der Waals surface area contributed by atoms with E-state index in [1.165, 1.54) is 12.1 Å². The number of carbonyl (C=O) groups is 9. The SMILES string of the molecule is CCC[C@H](NC(=O)N[C@@H](CCCCNC(=O)[C@H](Cc1ccccc1)NC(=O)[C@H](CCC(=O)O)NC(=O)[C@H](CCC(=O)O)NC(=O)c1ccc(I)cc1)C(=O)O)C(=O)O. The summed E-state index contributed by atoms with van der Waals surface area (Å²) in [6.45, 7) is 1.74. The highest BCUT2D eigenvalue weighted by Gasteiger charge is 2.31. The summed E-state index contributed by atoms with van der Waals surface area (Å²) in [6.07, 6.45) is -0.902. The van der Waals surface area contributed by atoms with Crippen molar-refractivity contribution < 1.29 is 63.6 Å². The predicted octanol–water partition coefficient (Wildman–Crippen LogP) is 1.62. The number of unbranched alkanes of at least 4 members (excludes halogenated alkanes) is 1. The molecule has 0 aromatic heterocycles. The van der Waals surface area contributed by atoms with E-state index in [1.54, 1.807) is 49.4 Å². The summed E-state index contributed by atoms with van der Waals surface area (Å²) in [6, 6.07) is 7.18. The third kappa shape index (κ3) is 18.4. The van der Waals surface area contributed by atoms with Crippen LogP contribution < -0.4 is 31.9 Å². The standard InChI is InChI=1S/C38H49IN6O13/c1-2-8-27(36(54)55)44-38(58)45-28(37(56)57)11-6-7-20-40-33(51)29(21-22-9-4-3-5-10-22)43-35(53)26(17-19-31(48)49)42-34(52)25(16-18-30(46)47)41-32(50)23-12-14-24(39)15-13-23/h3-5,9-10,12-15,25-29H,2,6-8,11,16-21H2,1H3,(H,40,51)(H,41,50)(H,42,52)(H,43,53)(H,46,47)(H,48,49)(H,54,55)(H,56,57)(H2,44,45,58)/t25-,26-,27-,28-,29-/m0/s1. The van der Waals surface area contributed by atoms with Crippen molar-refractivity contribution in [3.63, 3.8) is 0 Å². The average Bonchev–Trinajstić information content (AvgIpc) is 3.17. The first-order valence-corrected chi connectivity index (χ1v) is 19.5. The maximum atomic E-state index is 13.7. The monoisotopic (exact) mass is 924 g/mol. The van der Waals surface area contributed by atoms with Gasteiger partial charge in [-0.3, -0.25) is 28.8 Å². The molecule has 0 saturated carbocycles. The first-order valence-electron chi connectivity index (χ1n) is 18.5. The Balaban J connectivity index is 2.15. The van der Waals surface area contributed by atoms with Crippen LogP contribution in [0, 0.1) is 3.57 Å². The highest BCUT2D eigenvalue weighted by atomic mass is 127. The number of carboxylic acids is 4. The molecule has 0 fully saturated rings. The first kappa shape index (κ1) is 48.3. The Morgan fingerprint density at radius 1 is 0.569 bits per heavy atom. The fraction of sp³-hybridized carbons (Fsp3) is 0.447. The molecule has 0 aliphatic rings. The van der Waals surface area contributed by atoms with E-state index in [0.29, 0.717) is 12.0 Å². The molecule has 316 valence electrons. The second kappa shape index (κ2) is 25.5. The summed E-state index contributed by atoms with van der Waals surface area (Å²) in [5.74, 6) is -8.38. The van der Waals surface area contributed by atoms with Gasteiger partial charge in [0.2, 0.25) is 17.7 Å². The van der Waals surface area contributed by atoms with Gasteiger partial charge in [0.25, 0.3) is 5.91 Å². The number of benzene rings is 2. The van der Waals surface area contributed by atoms with Gasteiger partial charge in [0.05, 0.1) is 0 Å². The van der Waals surface area contributed by atoms with Gasteiger partial charge in [-0.15, -0.1) is 0 Å². The van der Waals surface area contributed by atoms with Gasteiger partial charge < -0.3 is 52.3 Å².